The van der Waals surface area contributed by atoms with Gasteiger partial charge in [-0.05, 0) is 62.9 Å². The maximum atomic E-state index is 16.9. The lowest BCUT2D eigenvalue weighted by molar-refractivity contribution is 0.188. The highest BCUT2D eigenvalue weighted by Gasteiger charge is 2.35. The molecule has 3 saturated heterocycles. The van der Waals surface area contributed by atoms with Crippen LogP contribution in [0.3, 0.4) is 0 Å². The molecule has 3 aromatic carbocycles. The Morgan fingerprint density at radius 2 is 1.84 bits per heavy atom. The molecule has 3 fully saturated rings. The Bertz CT molecular complexity index is 2660. The fourth-order valence-corrected chi connectivity index (χ4v) is 9.40. The Labute approximate surface area is 322 Å². The first kappa shape index (κ1) is 35.9. The number of aromatic nitrogens is 6. The molecule has 9 rings (SSSR count). The molecule has 3 aliphatic heterocycles. The maximum absolute atomic E-state index is 16.9. The summed E-state index contributed by atoms with van der Waals surface area (Å²) in [6, 6.07) is 15.3. The number of rotatable bonds is 9. The highest BCUT2D eigenvalue weighted by atomic mass is 32.2. The fourth-order valence-electron chi connectivity index (χ4n) is 8.26. The molecule has 3 aromatic heterocycles. The Kier molecular flexibility index (Phi) is 9.02. The van der Waals surface area contributed by atoms with E-state index in [1.54, 1.807) is 49.5 Å². The Morgan fingerprint density at radius 3 is 2.61 bits per heavy atom. The van der Waals surface area contributed by atoms with Gasteiger partial charge in [0.05, 0.1) is 15.8 Å². The zero-order chi connectivity index (χ0) is 38.7. The van der Waals surface area contributed by atoms with Gasteiger partial charge in [-0.3, -0.25) is 9.88 Å². The summed E-state index contributed by atoms with van der Waals surface area (Å²) < 4.78 is 65.3. The summed E-state index contributed by atoms with van der Waals surface area (Å²) in [4.78, 5) is 22.4. The van der Waals surface area contributed by atoms with Gasteiger partial charge in [0.25, 0.3) is 10.0 Å². The van der Waals surface area contributed by atoms with Crippen LogP contribution in [0.25, 0.3) is 32.9 Å². The fraction of sp³-hybridized carbons (Fsp3) is 0.325. The van der Waals surface area contributed by atoms with Crippen molar-refractivity contribution in [3.05, 3.63) is 90.1 Å². The number of hydrogen-bond acceptors (Lipinski definition) is 12. The van der Waals surface area contributed by atoms with Crippen molar-refractivity contribution < 1.29 is 21.9 Å². The number of likely N-dealkylation sites (N-methyl/N-ethyl adjacent to an activating group) is 1. The summed E-state index contributed by atoms with van der Waals surface area (Å²) in [5.41, 5.74) is 1.10. The van der Waals surface area contributed by atoms with Gasteiger partial charge in [0, 0.05) is 66.6 Å². The molecule has 2 bridgehead atoms. The van der Waals surface area contributed by atoms with Gasteiger partial charge in [-0.2, -0.15) is 18.4 Å². The van der Waals surface area contributed by atoms with Crippen molar-refractivity contribution in [2.45, 2.75) is 55.2 Å². The van der Waals surface area contributed by atoms with Crippen LogP contribution in [-0.2, 0) is 10.0 Å². The molecular formula is C40H38F2N10O3S. The van der Waals surface area contributed by atoms with Crippen LogP contribution in [0.1, 0.15) is 30.7 Å². The number of anilines is 2. The first-order valence-electron chi connectivity index (χ1n) is 18.4. The van der Waals surface area contributed by atoms with E-state index >= 15 is 4.39 Å². The lowest BCUT2D eigenvalue weighted by Crippen LogP contribution is -2.51. The number of aryl methyl sites for hydroxylation is 1. The Balaban J connectivity index is 1.00. The molecule has 0 aliphatic carbocycles. The first-order chi connectivity index (χ1) is 27.0. The summed E-state index contributed by atoms with van der Waals surface area (Å²) >= 11 is 0. The topological polar surface area (TPSA) is 143 Å². The summed E-state index contributed by atoms with van der Waals surface area (Å²) in [6.07, 6.45) is 11.3. The average Bonchev–Trinajstić information content (AvgIpc) is 3.90. The van der Waals surface area contributed by atoms with Crippen molar-refractivity contribution in [1.82, 2.24) is 39.3 Å². The number of hydrogen-bond donors (Lipinski definition) is 2. The van der Waals surface area contributed by atoms with E-state index in [0.717, 1.165) is 16.9 Å². The Morgan fingerprint density at radius 1 is 1.04 bits per heavy atom. The Hall–Kier alpha value is -5.76. The number of likely N-dealkylation sites (tertiary alicyclic amines) is 1. The summed E-state index contributed by atoms with van der Waals surface area (Å²) in [6.45, 7) is 3.90. The number of halogens is 2. The molecule has 16 heteroatoms. The van der Waals surface area contributed by atoms with Crippen molar-refractivity contribution >= 4 is 43.2 Å². The standard InChI is InChI=1S/C40H38F2N10O3S/c1-4-31-34(41)14-11-24-7-5-10-32(35(24)31)37-36(42)38-33(17-43-37)39(51-19-26-12-13-27(20-51)46-26)48-40(47-38)55-21-29-15-28(18-50(29)3)45-25-8-6-9-30(16-25)56(53,54)52-22-44-23(2)49-52/h1,5-11,14,16-17,22,26-29,45-46H,12-13,15,18-21H2,2-3H3/t26-,27+,28-,29+/m1/s1. The summed E-state index contributed by atoms with van der Waals surface area (Å²) in [5, 5.41) is 12.6. The lowest BCUT2D eigenvalue weighted by Gasteiger charge is -2.34. The molecule has 6 heterocycles. The predicted molar refractivity (Wildman–Crippen MR) is 208 cm³/mol. The van der Waals surface area contributed by atoms with E-state index < -0.39 is 21.7 Å². The van der Waals surface area contributed by atoms with Gasteiger partial charge < -0.3 is 20.3 Å². The maximum Gasteiger partial charge on any atom is 0.319 e. The molecule has 0 radical (unpaired) electrons. The summed E-state index contributed by atoms with van der Waals surface area (Å²) in [5.74, 6) is 2.09. The molecule has 0 unspecified atom stereocenters. The SMILES string of the molecule is C#Cc1c(F)ccc2cccc(-c3ncc4c(N5C[C@H]6CC[C@@H](C5)N6)nc(OC[C@@H]5C[C@@H](Nc6cccc(S(=O)(=O)n7cnc(C)n7)c6)CN5C)nc4c3F)c12. The second-order valence-electron chi connectivity index (χ2n) is 14.7. The molecular weight excluding hydrogens is 739 g/mol. The van der Waals surface area contributed by atoms with Crippen LogP contribution in [0, 0.1) is 30.9 Å². The number of nitrogens with zero attached hydrogens (tertiary/aromatic N) is 8. The molecule has 2 N–H and O–H groups in total. The van der Waals surface area contributed by atoms with Crippen LogP contribution in [0.4, 0.5) is 20.3 Å². The molecule has 13 nitrogen and oxygen atoms in total. The van der Waals surface area contributed by atoms with Gasteiger partial charge in [0.1, 0.15) is 41.6 Å². The van der Waals surface area contributed by atoms with Gasteiger partial charge >= 0.3 is 6.01 Å². The number of pyridine rings is 1. The smallest absolute Gasteiger partial charge is 0.319 e. The quantitative estimate of drug-likeness (QED) is 0.196. The number of fused-ring (bicyclic) bond motifs is 4. The molecule has 3 aliphatic rings. The van der Waals surface area contributed by atoms with E-state index in [2.05, 4.69) is 46.4 Å². The largest absolute Gasteiger partial charge is 0.462 e. The molecule has 0 spiro atoms. The monoisotopic (exact) mass is 776 g/mol. The molecule has 6 aromatic rings. The van der Waals surface area contributed by atoms with E-state index in [1.165, 1.54) is 18.5 Å². The number of benzene rings is 3. The molecule has 0 saturated carbocycles. The predicted octanol–water partition coefficient (Wildman–Crippen LogP) is 4.75. The molecule has 56 heavy (non-hydrogen) atoms. The number of ether oxygens (including phenoxy) is 1. The first-order valence-corrected chi connectivity index (χ1v) is 19.9. The minimum atomic E-state index is -3.90. The van der Waals surface area contributed by atoms with Crippen LogP contribution >= 0.6 is 0 Å². The van der Waals surface area contributed by atoms with Gasteiger partial charge in [0.15, 0.2) is 5.82 Å². The van der Waals surface area contributed by atoms with E-state index in [4.69, 9.17) is 16.1 Å². The minimum absolute atomic E-state index is 0.00102. The van der Waals surface area contributed by atoms with E-state index in [1.807, 2.05) is 13.1 Å². The van der Waals surface area contributed by atoms with Crippen molar-refractivity contribution in [3.8, 4) is 29.6 Å². The lowest BCUT2D eigenvalue weighted by atomic mass is 9.96. The van der Waals surface area contributed by atoms with Crippen LogP contribution in [0.15, 0.2) is 72.0 Å². The van der Waals surface area contributed by atoms with E-state index in [9.17, 15) is 12.8 Å². The third-order valence-corrected chi connectivity index (χ3v) is 12.5. The van der Waals surface area contributed by atoms with Crippen molar-refractivity contribution in [2.75, 3.05) is 43.5 Å². The number of nitrogens with one attached hydrogen (secondary N) is 2. The van der Waals surface area contributed by atoms with Gasteiger partial charge in [-0.25, -0.2) is 13.8 Å². The van der Waals surface area contributed by atoms with Crippen LogP contribution < -0.4 is 20.3 Å². The second kappa shape index (κ2) is 14.1. The highest BCUT2D eigenvalue weighted by Crippen LogP contribution is 2.37. The zero-order valence-corrected chi connectivity index (χ0v) is 31.5. The summed E-state index contributed by atoms with van der Waals surface area (Å²) in [7, 11) is -1.92. The molecule has 4 atom stereocenters. The molecule has 0 amide bonds. The van der Waals surface area contributed by atoms with Crippen molar-refractivity contribution in [1.29, 1.82) is 0 Å². The van der Waals surface area contributed by atoms with Crippen molar-refractivity contribution in [3.63, 3.8) is 0 Å². The highest BCUT2D eigenvalue weighted by molar-refractivity contribution is 7.89. The normalized spacial score (nSPS) is 21.2. The zero-order valence-electron chi connectivity index (χ0n) is 30.7. The van der Waals surface area contributed by atoms with Crippen LogP contribution in [0.2, 0.25) is 0 Å². The third kappa shape index (κ3) is 6.45. The van der Waals surface area contributed by atoms with Gasteiger partial charge in [-0.15, -0.1) is 15.6 Å². The van der Waals surface area contributed by atoms with Crippen LogP contribution in [0.5, 0.6) is 6.01 Å². The van der Waals surface area contributed by atoms with Crippen LogP contribution in [-0.4, -0.2) is 99.9 Å². The van der Waals surface area contributed by atoms with Crippen molar-refractivity contribution in [2.24, 2.45) is 0 Å². The number of piperazine rings is 1. The second-order valence-corrected chi connectivity index (χ2v) is 16.5. The minimum Gasteiger partial charge on any atom is -0.462 e. The average molecular weight is 777 g/mol. The van der Waals surface area contributed by atoms with Gasteiger partial charge in [0.2, 0.25) is 0 Å². The van der Waals surface area contributed by atoms with E-state index in [0.29, 0.717) is 65.1 Å². The van der Waals surface area contributed by atoms with E-state index in [-0.39, 0.29) is 58.5 Å². The third-order valence-electron chi connectivity index (χ3n) is 11.0. The number of terminal acetylenes is 1. The molecule has 286 valence electrons. The van der Waals surface area contributed by atoms with Gasteiger partial charge in [-0.1, -0.05) is 36.3 Å².